The Hall–Kier alpha value is -0.740. The monoisotopic (exact) mass is 394 g/mol. The first kappa shape index (κ1) is 21.6. The Balaban J connectivity index is 2.64. The molecular formula is C20H35N4PS. The molecule has 0 N–H and O–H groups in total. The van der Waals surface area contributed by atoms with Crippen LogP contribution in [0.2, 0.25) is 0 Å². The summed E-state index contributed by atoms with van der Waals surface area (Å²) in [6.07, 6.45) is 3.76. The van der Waals surface area contributed by atoms with Crippen molar-refractivity contribution in [1.29, 1.82) is 0 Å². The van der Waals surface area contributed by atoms with Gasteiger partial charge in [0.15, 0.2) is 5.11 Å². The fourth-order valence-electron chi connectivity index (χ4n) is 3.82. The summed E-state index contributed by atoms with van der Waals surface area (Å²) in [5.41, 5.74) is 0. The van der Waals surface area contributed by atoms with Crippen molar-refractivity contribution in [3.8, 4) is 0 Å². The molecule has 0 spiro atoms. The van der Waals surface area contributed by atoms with Crippen LogP contribution in [0.15, 0.2) is 35.1 Å². The van der Waals surface area contributed by atoms with Gasteiger partial charge < -0.3 is 4.90 Å². The SMILES string of the molecule is CCN(CC)P(=NC(=S)N1CCCCC1)(c1ccccc1)N(CC)CC. The van der Waals surface area contributed by atoms with Gasteiger partial charge in [0.25, 0.3) is 0 Å². The van der Waals surface area contributed by atoms with Crippen molar-refractivity contribution in [2.45, 2.75) is 47.0 Å². The standard InChI is InChI=1S/C20H35N4PS/c1-5-23(6-2)25(24(7-3)8-4,19-15-11-9-12-16-19)21-20(26)22-17-13-10-14-18-22/h9,11-12,15-16H,5-8,10,13-14,17-18H2,1-4H3. The lowest BCUT2D eigenvalue weighted by Crippen LogP contribution is -2.40. The highest BCUT2D eigenvalue weighted by atomic mass is 32.1. The quantitative estimate of drug-likeness (QED) is 0.489. The first-order valence-corrected chi connectivity index (χ1v) is 12.2. The number of hydrogen-bond donors (Lipinski definition) is 0. The van der Waals surface area contributed by atoms with Gasteiger partial charge in [0.2, 0.25) is 0 Å². The van der Waals surface area contributed by atoms with Crippen LogP contribution in [0.25, 0.3) is 0 Å². The maximum Gasteiger partial charge on any atom is 0.196 e. The highest BCUT2D eigenvalue weighted by Crippen LogP contribution is 2.55. The predicted molar refractivity (Wildman–Crippen MR) is 119 cm³/mol. The minimum Gasteiger partial charge on any atom is -0.347 e. The Labute approximate surface area is 165 Å². The van der Waals surface area contributed by atoms with Crippen LogP contribution in [0.1, 0.15) is 47.0 Å². The van der Waals surface area contributed by atoms with Crippen LogP contribution in [-0.2, 0) is 0 Å². The Morgan fingerprint density at radius 3 is 1.88 bits per heavy atom. The Bertz CT molecular complexity index is 589. The summed E-state index contributed by atoms with van der Waals surface area (Å²) in [6, 6.07) is 10.8. The smallest absolute Gasteiger partial charge is 0.196 e. The zero-order valence-corrected chi connectivity index (χ0v) is 18.6. The normalized spacial score (nSPS) is 15.5. The molecule has 0 unspecified atom stereocenters. The van der Waals surface area contributed by atoms with Crippen LogP contribution in [0.3, 0.4) is 0 Å². The molecule has 0 amide bonds. The first-order valence-electron chi connectivity index (χ1n) is 10.1. The van der Waals surface area contributed by atoms with Gasteiger partial charge in [0.1, 0.15) is 7.36 Å². The van der Waals surface area contributed by atoms with Gasteiger partial charge in [-0.2, -0.15) is 0 Å². The summed E-state index contributed by atoms with van der Waals surface area (Å²) in [7, 11) is -2.08. The van der Waals surface area contributed by atoms with E-state index < -0.39 is 7.36 Å². The fraction of sp³-hybridized carbons (Fsp3) is 0.650. The van der Waals surface area contributed by atoms with E-state index in [4.69, 9.17) is 17.0 Å². The second-order valence-electron chi connectivity index (χ2n) is 6.61. The molecule has 4 nitrogen and oxygen atoms in total. The summed E-state index contributed by atoms with van der Waals surface area (Å²) in [5, 5.41) is 2.12. The third-order valence-corrected chi connectivity index (χ3v) is 9.86. The predicted octanol–water partition coefficient (Wildman–Crippen LogP) is 4.80. The van der Waals surface area contributed by atoms with Crippen molar-refractivity contribution in [2.75, 3.05) is 39.3 Å². The molecule has 1 aliphatic rings. The Morgan fingerprint density at radius 2 is 1.42 bits per heavy atom. The van der Waals surface area contributed by atoms with Crippen LogP contribution >= 0.6 is 19.6 Å². The highest BCUT2D eigenvalue weighted by Gasteiger charge is 2.34. The molecule has 1 saturated heterocycles. The van der Waals surface area contributed by atoms with Crippen LogP contribution in [-0.4, -0.2) is 58.6 Å². The Morgan fingerprint density at radius 1 is 0.923 bits per heavy atom. The van der Waals surface area contributed by atoms with Crippen molar-refractivity contribution in [1.82, 2.24) is 14.2 Å². The highest BCUT2D eigenvalue weighted by molar-refractivity contribution is 7.81. The molecule has 1 heterocycles. The van der Waals surface area contributed by atoms with E-state index in [1.54, 1.807) is 0 Å². The maximum absolute atomic E-state index is 5.89. The summed E-state index contributed by atoms with van der Waals surface area (Å²) in [6.45, 7) is 15.0. The van der Waals surface area contributed by atoms with Crippen molar-refractivity contribution < 1.29 is 0 Å². The second-order valence-corrected chi connectivity index (χ2v) is 9.96. The number of nitrogens with zero attached hydrogens (tertiary/aromatic N) is 4. The molecule has 0 radical (unpaired) electrons. The average molecular weight is 395 g/mol. The van der Waals surface area contributed by atoms with Crippen LogP contribution < -0.4 is 5.30 Å². The molecule has 1 aliphatic heterocycles. The van der Waals surface area contributed by atoms with E-state index in [1.165, 1.54) is 24.6 Å². The van der Waals surface area contributed by atoms with Crippen molar-refractivity contribution in [3.05, 3.63) is 30.3 Å². The lowest BCUT2D eigenvalue weighted by molar-refractivity contribution is 0.344. The van der Waals surface area contributed by atoms with E-state index in [9.17, 15) is 0 Å². The van der Waals surface area contributed by atoms with E-state index >= 15 is 0 Å². The van der Waals surface area contributed by atoms with Gasteiger partial charge in [-0.3, -0.25) is 9.34 Å². The first-order chi connectivity index (χ1) is 12.6. The van der Waals surface area contributed by atoms with E-state index in [0.717, 1.165) is 44.4 Å². The van der Waals surface area contributed by atoms with Gasteiger partial charge in [-0.1, -0.05) is 58.0 Å². The second kappa shape index (κ2) is 10.6. The molecule has 0 atom stereocenters. The van der Waals surface area contributed by atoms with E-state index in [1.807, 2.05) is 0 Å². The molecule has 26 heavy (non-hydrogen) atoms. The summed E-state index contributed by atoms with van der Waals surface area (Å²) in [5.74, 6) is 0. The molecule has 0 saturated carbocycles. The van der Waals surface area contributed by atoms with Gasteiger partial charge in [-0.05, 0) is 31.5 Å². The summed E-state index contributed by atoms with van der Waals surface area (Å²) < 4.78 is 10.5. The molecule has 0 bridgehead atoms. The van der Waals surface area contributed by atoms with Crippen LogP contribution in [0.4, 0.5) is 0 Å². The van der Waals surface area contributed by atoms with Crippen molar-refractivity contribution in [2.24, 2.45) is 4.74 Å². The number of thiocarbonyl (C=S) groups is 1. The topological polar surface area (TPSA) is 22.1 Å². The maximum atomic E-state index is 5.89. The van der Waals surface area contributed by atoms with E-state index in [2.05, 4.69) is 72.3 Å². The number of likely N-dealkylation sites (tertiary alicyclic amines) is 1. The molecule has 0 aliphatic carbocycles. The lowest BCUT2D eigenvalue weighted by Gasteiger charge is -2.43. The van der Waals surface area contributed by atoms with E-state index in [-0.39, 0.29) is 0 Å². The number of hydrogen-bond acceptors (Lipinski definition) is 1. The number of benzene rings is 1. The van der Waals surface area contributed by atoms with Crippen LogP contribution in [0, 0.1) is 0 Å². The third-order valence-electron chi connectivity index (χ3n) is 5.20. The minimum absolute atomic E-state index is 0.806. The van der Waals surface area contributed by atoms with E-state index in [0.29, 0.717) is 0 Å². The van der Waals surface area contributed by atoms with Gasteiger partial charge in [0.05, 0.1) is 0 Å². The summed E-state index contributed by atoms with van der Waals surface area (Å²) >= 11 is 5.89. The molecule has 6 heteroatoms. The number of rotatable bonds is 7. The zero-order valence-electron chi connectivity index (χ0n) is 16.9. The largest absolute Gasteiger partial charge is 0.347 e. The molecule has 1 aromatic rings. The third kappa shape index (κ3) is 4.56. The molecule has 1 aromatic carbocycles. The Kier molecular flexibility index (Phi) is 8.75. The average Bonchev–Trinajstić information content (AvgIpc) is 2.70. The fourth-order valence-corrected chi connectivity index (χ4v) is 8.24. The van der Waals surface area contributed by atoms with Gasteiger partial charge in [-0.15, -0.1) is 0 Å². The van der Waals surface area contributed by atoms with Gasteiger partial charge in [-0.25, -0.2) is 4.74 Å². The molecule has 146 valence electrons. The van der Waals surface area contributed by atoms with Crippen LogP contribution in [0.5, 0.6) is 0 Å². The van der Waals surface area contributed by atoms with Gasteiger partial charge in [0, 0.05) is 44.6 Å². The molecule has 1 fully saturated rings. The molecule has 0 aromatic heterocycles. The molecular weight excluding hydrogens is 359 g/mol. The number of piperidine rings is 1. The van der Waals surface area contributed by atoms with Crippen molar-refractivity contribution >= 4 is 30.0 Å². The summed E-state index contributed by atoms with van der Waals surface area (Å²) in [4.78, 5) is 2.32. The molecule has 2 rings (SSSR count). The minimum atomic E-state index is -2.08. The lowest BCUT2D eigenvalue weighted by atomic mass is 10.1. The van der Waals surface area contributed by atoms with Crippen molar-refractivity contribution in [3.63, 3.8) is 0 Å². The van der Waals surface area contributed by atoms with Gasteiger partial charge >= 0.3 is 0 Å². The zero-order chi connectivity index (χ0) is 19.0.